The number of hydrogen-bond donors (Lipinski definition) is 1. The van der Waals surface area contributed by atoms with E-state index in [0.29, 0.717) is 20.1 Å². The number of nitrogens with one attached hydrogen (secondary N) is 1. The summed E-state index contributed by atoms with van der Waals surface area (Å²) < 4.78 is 0. The number of rotatable bonds is 5. The number of allylic oxidation sites excluding steroid dienone is 1. The van der Waals surface area contributed by atoms with Gasteiger partial charge in [0, 0.05) is 30.3 Å². The van der Waals surface area contributed by atoms with Gasteiger partial charge in [-0.3, -0.25) is 0 Å². The van der Waals surface area contributed by atoms with E-state index in [0.717, 1.165) is 41.7 Å². The molecule has 1 N–H and O–H groups in total. The second-order valence-corrected chi connectivity index (χ2v) is 11.9. The SMILES string of the molecule is ClC1=C/C(=C(/c2cc(Cl)c(Sc3ccc(Cl)cc3)[nH]2)c2cccs2)N=C1Sc1ccc(Cl)cc1. The largest absolute Gasteiger partial charge is 0.348 e. The van der Waals surface area contributed by atoms with Crippen molar-refractivity contribution in [3.05, 3.63) is 115 Å². The Hall–Kier alpha value is -1.57. The van der Waals surface area contributed by atoms with Crippen molar-refractivity contribution in [2.24, 2.45) is 4.99 Å². The van der Waals surface area contributed by atoms with Gasteiger partial charge in [-0.25, -0.2) is 4.99 Å². The van der Waals surface area contributed by atoms with Gasteiger partial charge in [0.1, 0.15) is 5.04 Å². The topological polar surface area (TPSA) is 28.1 Å². The van der Waals surface area contributed by atoms with Gasteiger partial charge in [-0.05, 0) is 72.1 Å². The first-order chi connectivity index (χ1) is 16.5. The molecule has 0 saturated carbocycles. The molecule has 0 spiro atoms. The first-order valence-corrected chi connectivity index (χ1v) is 14.0. The Morgan fingerprint density at radius 2 is 1.47 bits per heavy atom. The molecular weight excluding hydrogens is 566 g/mol. The molecule has 0 bridgehead atoms. The number of hydrogen-bond acceptors (Lipinski definition) is 4. The number of aromatic amines is 1. The summed E-state index contributed by atoms with van der Waals surface area (Å²) in [6.45, 7) is 0. The number of thiophene rings is 1. The highest BCUT2D eigenvalue weighted by atomic mass is 35.5. The first kappa shape index (κ1) is 24.1. The third-order valence-corrected chi connectivity index (χ3v) is 9.03. The molecule has 3 heterocycles. The van der Waals surface area contributed by atoms with Crippen molar-refractivity contribution in [1.29, 1.82) is 0 Å². The monoisotopic (exact) mass is 578 g/mol. The van der Waals surface area contributed by atoms with Crippen molar-refractivity contribution in [3.63, 3.8) is 0 Å². The summed E-state index contributed by atoms with van der Waals surface area (Å²) in [6.07, 6.45) is 1.90. The molecule has 2 aromatic carbocycles. The lowest BCUT2D eigenvalue weighted by molar-refractivity contribution is 1.17. The molecule has 0 radical (unpaired) electrons. The molecule has 0 unspecified atom stereocenters. The molecule has 0 atom stereocenters. The summed E-state index contributed by atoms with van der Waals surface area (Å²) in [4.78, 5) is 11.5. The normalized spacial score (nSPS) is 14.8. The summed E-state index contributed by atoms with van der Waals surface area (Å²) in [5.41, 5.74) is 2.61. The molecule has 170 valence electrons. The van der Waals surface area contributed by atoms with Crippen LogP contribution in [0.2, 0.25) is 15.1 Å². The quantitative estimate of drug-likeness (QED) is 0.254. The van der Waals surface area contributed by atoms with Crippen molar-refractivity contribution in [2.75, 3.05) is 0 Å². The van der Waals surface area contributed by atoms with E-state index < -0.39 is 0 Å². The zero-order valence-corrected chi connectivity index (χ0v) is 22.7. The number of H-pyrrole nitrogens is 1. The Balaban J connectivity index is 1.52. The van der Waals surface area contributed by atoms with Crippen LogP contribution in [0.25, 0.3) is 5.57 Å². The van der Waals surface area contributed by atoms with Crippen LogP contribution >= 0.6 is 81.3 Å². The van der Waals surface area contributed by atoms with E-state index in [2.05, 4.69) is 11.1 Å². The summed E-state index contributed by atoms with van der Waals surface area (Å²) in [5, 5.41) is 6.24. The van der Waals surface area contributed by atoms with Gasteiger partial charge in [-0.15, -0.1) is 11.3 Å². The molecule has 9 heteroatoms. The van der Waals surface area contributed by atoms with E-state index in [1.165, 1.54) is 11.8 Å². The first-order valence-electron chi connectivity index (χ1n) is 9.96. The van der Waals surface area contributed by atoms with Crippen LogP contribution in [-0.4, -0.2) is 10.0 Å². The molecule has 0 fully saturated rings. The van der Waals surface area contributed by atoms with E-state index in [9.17, 15) is 0 Å². The van der Waals surface area contributed by atoms with Crippen molar-refractivity contribution in [3.8, 4) is 0 Å². The van der Waals surface area contributed by atoms with Crippen molar-refractivity contribution in [2.45, 2.75) is 14.8 Å². The second kappa shape index (κ2) is 10.6. The fourth-order valence-electron chi connectivity index (χ4n) is 3.25. The molecule has 0 amide bonds. The molecule has 34 heavy (non-hydrogen) atoms. The highest BCUT2D eigenvalue weighted by molar-refractivity contribution is 8.14. The molecule has 4 aromatic rings. The van der Waals surface area contributed by atoms with Gasteiger partial charge in [0.2, 0.25) is 0 Å². The van der Waals surface area contributed by atoms with Crippen LogP contribution in [0.15, 0.2) is 109 Å². The lowest BCUT2D eigenvalue weighted by Crippen LogP contribution is -1.90. The smallest absolute Gasteiger partial charge is 0.120 e. The maximum atomic E-state index is 6.63. The molecule has 2 aromatic heterocycles. The minimum atomic E-state index is 0.595. The maximum Gasteiger partial charge on any atom is 0.120 e. The van der Waals surface area contributed by atoms with Gasteiger partial charge in [-0.2, -0.15) is 0 Å². The van der Waals surface area contributed by atoms with E-state index in [1.807, 2.05) is 72.1 Å². The van der Waals surface area contributed by atoms with E-state index in [1.54, 1.807) is 23.1 Å². The van der Waals surface area contributed by atoms with Crippen LogP contribution in [-0.2, 0) is 0 Å². The zero-order chi connectivity index (χ0) is 23.7. The standard InChI is InChI=1S/C25H14Cl4N2S3/c26-14-3-7-16(8-4-14)33-24-18(28)12-20(30-24)23(22-2-1-11-32-22)21-13-19(29)25(31-21)34-17-9-5-15(27)6-10-17/h1-13,30H/b23-21+. The predicted octanol–water partition coefficient (Wildman–Crippen LogP) is 10.3. The van der Waals surface area contributed by atoms with Crippen LogP contribution in [0, 0.1) is 0 Å². The van der Waals surface area contributed by atoms with E-state index >= 15 is 0 Å². The highest BCUT2D eigenvalue weighted by Crippen LogP contribution is 2.41. The number of aromatic nitrogens is 1. The molecule has 0 aliphatic carbocycles. The fraction of sp³-hybridized carbons (Fsp3) is 0. The zero-order valence-electron chi connectivity index (χ0n) is 17.2. The molecule has 1 aliphatic heterocycles. The fourth-order valence-corrected chi connectivity index (χ4v) is 6.45. The van der Waals surface area contributed by atoms with E-state index in [-0.39, 0.29) is 0 Å². The number of nitrogens with zero attached hydrogens (tertiary/aromatic N) is 1. The van der Waals surface area contributed by atoms with Gasteiger partial charge in [0.25, 0.3) is 0 Å². The van der Waals surface area contributed by atoms with E-state index in [4.69, 9.17) is 51.4 Å². The molecule has 1 aliphatic rings. The molecule has 2 nitrogen and oxygen atoms in total. The number of halogens is 4. The van der Waals surface area contributed by atoms with Gasteiger partial charge in [0.15, 0.2) is 0 Å². The van der Waals surface area contributed by atoms with Crippen molar-refractivity contribution in [1.82, 2.24) is 4.98 Å². The average Bonchev–Trinajstić information content (AvgIpc) is 3.55. The minimum Gasteiger partial charge on any atom is -0.348 e. The Morgan fingerprint density at radius 1 is 0.824 bits per heavy atom. The average molecular weight is 580 g/mol. The van der Waals surface area contributed by atoms with Gasteiger partial charge >= 0.3 is 0 Å². The van der Waals surface area contributed by atoms with Crippen molar-refractivity contribution < 1.29 is 0 Å². The maximum absolute atomic E-state index is 6.63. The Morgan fingerprint density at radius 3 is 2.09 bits per heavy atom. The van der Waals surface area contributed by atoms with Crippen LogP contribution < -0.4 is 0 Å². The number of benzene rings is 2. The number of aliphatic imine (C=N–C) groups is 1. The summed E-state index contributed by atoms with van der Waals surface area (Å²) in [6, 6.07) is 21.3. The highest BCUT2D eigenvalue weighted by Gasteiger charge is 2.22. The molecule has 0 saturated heterocycles. The lowest BCUT2D eigenvalue weighted by atomic mass is 10.1. The minimum absolute atomic E-state index is 0.595. The third kappa shape index (κ3) is 5.47. The summed E-state index contributed by atoms with van der Waals surface area (Å²) in [7, 11) is 0. The van der Waals surface area contributed by atoms with Gasteiger partial charge in [0.05, 0.1) is 26.5 Å². The van der Waals surface area contributed by atoms with Crippen LogP contribution in [0.4, 0.5) is 0 Å². The lowest BCUT2D eigenvalue weighted by Gasteiger charge is -2.06. The Kier molecular flexibility index (Phi) is 7.52. The summed E-state index contributed by atoms with van der Waals surface area (Å²) >= 11 is 29.9. The van der Waals surface area contributed by atoms with Gasteiger partial charge < -0.3 is 4.98 Å². The number of thioether (sulfide) groups is 1. The van der Waals surface area contributed by atoms with Crippen LogP contribution in [0.3, 0.4) is 0 Å². The predicted molar refractivity (Wildman–Crippen MR) is 150 cm³/mol. The molecular formula is C25H14Cl4N2S3. The van der Waals surface area contributed by atoms with Crippen molar-refractivity contribution >= 4 is 91.9 Å². The van der Waals surface area contributed by atoms with Crippen LogP contribution in [0.1, 0.15) is 10.6 Å². The summed E-state index contributed by atoms with van der Waals surface area (Å²) in [5.74, 6) is 0. The van der Waals surface area contributed by atoms with Gasteiger partial charge in [-0.1, -0.05) is 76.0 Å². The third-order valence-electron chi connectivity index (χ3n) is 4.78. The molecule has 5 rings (SSSR count). The second-order valence-electron chi connectivity index (χ2n) is 7.12. The Labute approximate surface area is 229 Å². The Bertz CT molecular complexity index is 1420. The van der Waals surface area contributed by atoms with Crippen LogP contribution in [0.5, 0.6) is 0 Å².